The van der Waals surface area contributed by atoms with E-state index in [0.717, 1.165) is 15.9 Å². The van der Waals surface area contributed by atoms with Crippen molar-refractivity contribution in [2.24, 2.45) is 0 Å². The van der Waals surface area contributed by atoms with E-state index in [2.05, 4.69) is 20.5 Å². The second-order valence-electron chi connectivity index (χ2n) is 5.42. The molecule has 4 nitrogen and oxygen atoms in total. The second kappa shape index (κ2) is 5.67. The number of aromatic nitrogens is 1. The van der Waals surface area contributed by atoms with Gasteiger partial charge in [-0.2, -0.15) is 4.31 Å². The number of halogens is 2. The zero-order valence-electron chi connectivity index (χ0n) is 12.3. The Morgan fingerprint density at radius 3 is 2.64 bits per heavy atom. The van der Waals surface area contributed by atoms with Crippen molar-refractivity contribution in [3.8, 4) is 0 Å². The molecule has 7 heteroatoms. The average molecular weight is 404 g/mol. The van der Waals surface area contributed by atoms with Crippen LogP contribution >= 0.6 is 27.5 Å². The van der Waals surface area contributed by atoms with Crippen LogP contribution in [0.4, 0.5) is 0 Å². The molecule has 1 aliphatic heterocycles. The second-order valence-corrected chi connectivity index (χ2v) is 8.60. The number of aryl methyl sites for hydroxylation is 1. The highest BCUT2D eigenvalue weighted by Crippen LogP contribution is 2.35. The first-order chi connectivity index (χ1) is 10.3. The van der Waals surface area contributed by atoms with Gasteiger partial charge in [-0.05, 0) is 44.2 Å². The summed E-state index contributed by atoms with van der Waals surface area (Å²) in [5.41, 5.74) is 2.17. The van der Waals surface area contributed by atoms with Crippen LogP contribution < -0.4 is 0 Å². The van der Waals surface area contributed by atoms with E-state index in [1.165, 1.54) is 4.31 Å². The Hall–Kier alpha value is -0.820. The molecule has 0 bridgehead atoms. The first kappa shape index (κ1) is 16.1. The van der Waals surface area contributed by atoms with Gasteiger partial charge in [-0.25, -0.2) is 8.42 Å². The lowest BCUT2D eigenvalue weighted by Crippen LogP contribution is -2.41. The fraction of sp³-hybridized carbons (Fsp3) is 0.333. The molecule has 118 valence electrons. The largest absolute Gasteiger partial charge is 0.346 e. The molecule has 1 aromatic heterocycles. The molecule has 0 unspecified atom stereocenters. The van der Waals surface area contributed by atoms with Crippen LogP contribution in [0.3, 0.4) is 0 Å². The summed E-state index contributed by atoms with van der Waals surface area (Å²) >= 11 is 9.44. The van der Waals surface area contributed by atoms with E-state index in [9.17, 15) is 8.42 Å². The number of nitrogens with zero attached hydrogens (tertiary/aromatic N) is 2. The predicted molar refractivity (Wildman–Crippen MR) is 90.6 cm³/mol. The molecule has 0 radical (unpaired) electrons. The van der Waals surface area contributed by atoms with Gasteiger partial charge in [0.1, 0.15) is 4.90 Å². The summed E-state index contributed by atoms with van der Waals surface area (Å²) in [7, 11) is -3.62. The fourth-order valence-electron chi connectivity index (χ4n) is 2.94. The molecule has 1 aromatic carbocycles. The minimum absolute atomic E-state index is 0.154. The van der Waals surface area contributed by atoms with Gasteiger partial charge in [-0.1, -0.05) is 27.5 Å². The van der Waals surface area contributed by atoms with E-state index in [4.69, 9.17) is 11.6 Å². The van der Waals surface area contributed by atoms with Gasteiger partial charge in [0.2, 0.25) is 10.0 Å². The van der Waals surface area contributed by atoms with Gasteiger partial charge in [0.15, 0.2) is 0 Å². The van der Waals surface area contributed by atoms with Crippen molar-refractivity contribution in [1.82, 2.24) is 8.87 Å². The van der Waals surface area contributed by atoms with Crippen molar-refractivity contribution in [2.45, 2.75) is 31.3 Å². The maximum Gasteiger partial charge on any atom is 0.245 e. The monoisotopic (exact) mass is 402 g/mol. The minimum atomic E-state index is -3.62. The number of fused-ring (bicyclic) bond motifs is 1. The van der Waals surface area contributed by atoms with Crippen LogP contribution in [-0.2, 0) is 16.6 Å². The zero-order chi connectivity index (χ0) is 16.1. The Bertz CT molecular complexity index is 832. The molecule has 22 heavy (non-hydrogen) atoms. The average Bonchev–Trinajstić information content (AvgIpc) is 2.81. The molecular weight excluding hydrogens is 388 g/mol. The first-order valence-corrected chi connectivity index (χ1v) is 9.56. The summed E-state index contributed by atoms with van der Waals surface area (Å²) in [6, 6.07) is 8.65. The highest BCUT2D eigenvalue weighted by atomic mass is 79.9. The van der Waals surface area contributed by atoms with Gasteiger partial charge in [0.25, 0.3) is 0 Å². The smallest absolute Gasteiger partial charge is 0.245 e. The van der Waals surface area contributed by atoms with Crippen molar-refractivity contribution in [3.63, 3.8) is 0 Å². The molecule has 2 heterocycles. The molecule has 0 amide bonds. The standard InChI is InChI=1S/C15H16BrClN2O2S/c1-10-3-5-14-11(2)19(8-7-18(10)14)22(20,21)15-6-4-12(16)9-13(15)17/h3-6,9,11H,7-8H2,1-2H3/t11-/m0/s1. The summed E-state index contributed by atoms with van der Waals surface area (Å²) in [5.74, 6) is 0. The van der Waals surface area contributed by atoms with Crippen molar-refractivity contribution < 1.29 is 8.42 Å². The number of benzene rings is 1. The molecule has 2 aromatic rings. The number of sulfonamides is 1. The molecular formula is C15H16BrClN2O2S. The highest BCUT2D eigenvalue weighted by molar-refractivity contribution is 9.10. The molecule has 1 atom stereocenters. The lowest BCUT2D eigenvalue weighted by Gasteiger charge is -2.34. The van der Waals surface area contributed by atoms with Gasteiger partial charge in [0, 0.05) is 29.0 Å². The maximum atomic E-state index is 13.0. The van der Waals surface area contributed by atoms with E-state index in [0.29, 0.717) is 13.1 Å². The number of hydrogen-bond donors (Lipinski definition) is 0. The van der Waals surface area contributed by atoms with Gasteiger partial charge in [0.05, 0.1) is 11.1 Å². The third-order valence-corrected chi connectivity index (χ3v) is 7.06. The van der Waals surface area contributed by atoms with Crippen LogP contribution in [0.2, 0.25) is 5.02 Å². The summed E-state index contributed by atoms with van der Waals surface area (Å²) in [6.07, 6.45) is 0. The van der Waals surface area contributed by atoms with E-state index in [1.807, 2.05) is 26.0 Å². The fourth-order valence-corrected chi connectivity index (χ4v) is 5.55. The lowest BCUT2D eigenvalue weighted by atomic mass is 10.2. The third-order valence-electron chi connectivity index (χ3n) is 4.12. The van der Waals surface area contributed by atoms with Gasteiger partial charge >= 0.3 is 0 Å². The normalized spacial score (nSPS) is 19.2. The number of rotatable bonds is 2. The predicted octanol–water partition coefficient (Wildman–Crippen LogP) is 3.98. The van der Waals surface area contributed by atoms with Crippen LogP contribution in [-0.4, -0.2) is 23.8 Å². The molecule has 0 spiro atoms. The van der Waals surface area contributed by atoms with Crippen molar-refractivity contribution in [1.29, 1.82) is 0 Å². The first-order valence-electron chi connectivity index (χ1n) is 6.95. The zero-order valence-corrected chi connectivity index (χ0v) is 15.4. The summed E-state index contributed by atoms with van der Waals surface area (Å²) in [6.45, 7) is 5.05. The van der Waals surface area contributed by atoms with Gasteiger partial charge < -0.3 is 4.57 Å². The van der Waals surface area contributed by atoms with Crippen LogP contribution in [0.5, 0.6) is 0 Å². The Kier molecular flexibility index (Phi) is 4.14. The summed E-state index contributed by atoms with van der Waals surface area (Å²) in [5, 5.41) is 0.235. The van der Waals surface area contributed by atoms with E-state index in [-0.39, 0.29) is 16.0 Å². The third kappa shape index (κ3) is 2.52. The SMILES string of the molecule is Cc1ccc2n1CCN(S(=O)(=O)c1ccc(Br)cc1Cl)[C@H]2C. The van der Waals surface area contributed by atoms with Crippen LogP contribution in [0.15, 0.2) is 39.7 Å². The van der Waals surface area contributed by atoms with Crippen molar-refractivity contribution in [3.05, 3.63) is 51.2 Å². The molecule has 0 N–H and O–H groups in total. The van der Waals surface area contributed by atoms with E-state index >= 15 is 0 Å². The lowest BCUT2D eigenvalue weighted by molar-refractivity contribution is 0.280. The van der Waals surface area contributed by atoms with Crippen LogP contribution in [0.25, 0.3) is 0 Å². The Balaban J connectivity index is 2.03. The molecule has 0 saturated carbocycles. The molecule has 0 saturated heterocycles. The van der Waals surface area contributed by atoms with Gasteiger partial charge in [-0.3, -0.25) is 0 Å². The minimum Gasteiger partial charge on any atom is -0.346 e. The van der Waals surface area contributed by atoms with E-state index in [1.54, 1.807) is 18.2 Å². The van der Waals surface area contributed by atoms with Crippen molar-refractivity contribution >= 4 is 37.6 Å². The maximum absolute atomic E-state index is 13.0. The number of hydrogen-bond acceptors (Lipinski definition) is 2. The summed E-state index contributed by atoms with van der Waals surface area (Å²) in [4.78, 5) is 0.154. The Labute approximate surface area is 143 Å². The van der Waals surface area contributed by atoms with Crippen LogP contribution in [0, 0.1) is 6.92 Å². The molecule has 0 fully saturated rings. The molecule has 0 aliphatic carbocycles. The molecule has 1 aliphatic rings. The Morgan fingerprint density at radius 1 is 1.23 bits per heavy atom. The molecule has 3 rings (SSSR count). The van der Waals surface area contributed by atoms with E-state index < -0.39 is 10.0 Å². The quantitative estimate of drug-likeness (QED) is 0.761. The highest BCUT2D eigenvalue weighted by Gasteiger charge is 2.35. The van der Waals surface area contributed by atoms with Gasteiger partial charge in [-0.15, -0.1) is 0 Å². The van der Waals surface area contributed by atoms with Crippen molar-refractivity contribution in [2.75, 3.05) is 6.54 Å². The summed E-state index contributed by atoms with van der Waals surface area (Å²) < 4.78 is 30.4. The Morgan fingerprint density at radius 2 is 1.95 bits per heavy atom. The van der Waals surface area contributed by atoms with Crippen LogP contribution in [0.1, 0.15) is 24.4 Å². The topological polar surface area (TPSA) is 42.3 Å².